The number of hydrogen-bond acceptors (Lipinski definition) is 6. The average molecular weight is 246 g/mol. The zero-order valence-corrected chi connectivity index (χ0v) is 10.2. The summed E-state index contributed by atoms with van der Waals surface area (Å²) in [6, 6.07) is 2.00. The molecule has 0 aliphatic heterocycles. The third-order valence-electron chi connectivity index (χ3n) is 2.52. The molecule has 3 heterocycles. The lowest BCUT2D eigenvalue weighted by atomic mass is 10.3. The van der Waals surface area contributed by atoms with E-state index in [9.17, 15) is 0 Å². The highest BCUT2D eigenvalue weighted by Crippen LogP contribution is 2.31. The molecule has 0 aliphatic rings. The lowest BCUT2D eigenvalue weighted by Gasteiger charge is -1.99. The molecule has 0 aromatic carbocycles. The fraction of sp³-hybridized carbons (Fsp3) is 0.200. The molecule has 6 nitrogen and oxygen atoms in total. The molecule has 0 unspecified atom stereocenters. The molecule has 0 bridgehead atoms. The van der Waals surface area contributed by atoms with Crippen LogP contribution >= 0.6 is 11.3 Å². The molecule has 86 valence electrons. The van der Waals surface area contributed by atoms with Gasteiger partial charge in [0.15, 0.2) is 5.82 Å². The summed E-state index contributed by atoms with van der Waals surface area (Å²) < 4.78 is 1.77. The van der Waals surface area contributed by atoms with Crippen LogP contribution in [0.5, 0.6) is 0 Å². The average Bonchev–Trinajstić information content (AvgIpc) is 2.85. The molecule has 0 radical (unpaired) electrons. The summed E-state index contributed by atoms with van der Waals surface area (Å²) in [6.07, 6.45) is 1.45. The second-order valence-corrected chi connectivity index (χ2v) is 4.91. The van der Waals surface area contributed by atoms with Crippen LogP contribution < -0.4 is 5.73 Å². The molecular formula is C10H10N6S. The van der Waals surface area contributed by atoms with E-state index in [0.29, 0.717) is 5.82 Å². The van der Waals surface area contributed by atoms with Gasteiger partial charge in [-0.2, -0.15) is 5.10 Å². The van der Waals surface area contributed by atoms with Gasteiger partial charge in [-0.15, -0.1) is 10.2 Å². The Balaban J connectivity index is 2.37. The van der Waals surface area contributed by atoms with E-state index in [-0.39, 0.29) is 0 Å². The van der Waals surface area contributed by atoms with Crippen molar-refractivity contribution in [3.63, 3.8) is 0 Å². The molecule has 0 aliphatic carbocycles. The van der Waals surface area contributed by atoms with Gasteiger partial charge in [0.05, 0.1) is 0 Å². The van der Waals surface area contributed by atoms with Crippen LogP contribution in [0.15, 0.2) is 12.4 Å². The predicted molar refractivity (Wildman–Crippen MR) is 65.8 cm³/mol. The molecule has 17 heavy (non-hydrogen) atoms. The molecule has 2 N–H and O–H groups in total. The number of nitrogens with zero attached hydrogens (tertiary/aromatic N) is 5. The molecule has 0 fully saturated rings. The Morgan fingerprint density at radius 1 is 1.29 bits per heavy atom. The summed E-state index contributed by atoms with van der Waals surface area (Å²) in [5.74, 6) is 0.455. The molecule has 0 amide bonds. The third kappa shape index (κ3) is 1.47. The lowest BCUT2D eigenvalue weighted by molar-refractivity contribution is 0.875. The van der Waals surface area contributed by atoms with Crippen molar-refractivity contribution in [2.24, 2.45) is 0 Å². The Morgan fingerprint density at radius 2 is 2.12 bits per heavy atom. The van der Waals surface area contributed by atoms with E-state index in [4.69, 9.17) is 5.73 Å². The number of hydrogen-bond donors (Lipinski definition) is 1. The maximum atomic E-state index is 5.90. The molecule has 3 aromatic heterocycles. The van der Waals surface area contributed by atoms with Gasteiger partial charge in [-0.3, -0.25) is 0 Å². The number of rotatable bonds is 1. The molecule has 3 aromatic rings. The number of aryl methyl sites for hydroxylation is 2. The largest absolute Gasteiger partial charge is 0.382 e. The highest BCUT2D eigenvalue weighted by molar-refractivity contribution is 7.14. The summed E-state index contributed by atoms with van der Waals surface area (Å²) >= 11 is 1.53. The fourth-order valence-corrected chi connectivity index (χ4v) is 2.50. The Morgan fingerprint density at radius 3 is 2.82 bits per heavy atom. The standard InChI is InChI=1S/C10H10N6S/c1-5-3-7(10-15-14-6(2)17-10)8-9(11)12-4-13-16(5)8/h3-4H,1-2H3,(H2,11,12,13). The summed E-state index contributed by atoms with van der Waals surface area (Å²) in [6.45, 7) is 3.89. The van der Waals surface area contributed by atoms with Crippen molar-refractivity contribution < 1.29 is 0 Å². The van der Waals surface area contributed by atoms with Crippen molar-refractivity contribution in [1.82, 2.24) is 24.8 Å². The van der Waals surface area contributed by atoms with Gasteiger partial charge >= 0.3 is 0 Å². The first-order valence-electron chi connectivity index (χ1n) is 5.06. The Kier molecular flexibility index (Phi) is 2.08. The second kappa shape index (κ2) is 3.49. The molecule has 7 heteroatoms. The predicted octanol–water partition coefficient (Wildman–Crippen LogP) is 1.45. The van der Waals surface area contributed by atoms with Crippen molar-refractivity contribution in [1.29, 1.82) is 0 Å². The number of fused-ring (bicyclic) bond motifs is 1. The van der Waals surface area contributed by atoms with Crippen molar-refractivity contribution >= 4 is 22.7 Å². The van der Waals surface area contributed by atoms with Gasteiger partial charge < -0.3 is 5.73 Å². The lowest BCUT2D eigenvalue weighted by Crippen LogP contribution is -2.00. The minimum absolute atomic E-state index is 0.455. The van der Waals surface area contributed by atoms with Crippen LogP contribution in [0.4, 0.5) is 5.82 Å². The van der Waals surface area contributed by atoms with Crippen LogP contribution in [0.2, 0.25) is 0 Å². The number of anilines is 1. The SMILES string of the molecule is Cc1nnc(-c2cc(C)n3ncnc(N)c23)s1. The van der Waals surface area contributed by atoms with Gasteiger partial charge in [0.2, 0.25) is 0 Å². The minimum atomic E-state index is 0.455. The molecule has 0 saturated carbocycles. The monoisotopic (exact) mass is 246 g/mol. The fourth-order valence-electron chi connectivity index (χ4n) is 1.79. The maximum absolute atomic E-state index is 5.90. The Hall–Kier alpha value is -2.02. The number of aromatic nitrogens is 5. The van der Waals surface area contributed by atoms with Crippen molar-refractivity contribution in [2.75, 3.05) is 5.73 Å². The second-order valence-electron chi connectivity index (χ2n) is 3.73. The van der Waals surface area contributed by atoms with Crippen molar-refractivity contribution in [2.45, 2.75) is 13.8 Å². The van der Waals surface area contributed by atoms with Gasteiger partial charge in [-0.25, -0.2) is 9.50 Å². The summed E-state index contributed by atoms with van der Waals surface area (Å²) in [7, 11) is 0. The van der Waals surface area contributed by atoms with Crippen LogP contribution in [0, 0.1) is 13.8 Å². The van der Waals surface area contributed by atoms with Gasteiger partial charge in [-0.1, -0.05) is 11.3 Å². The van der Waals surface area contributed by atoms with Gasteiger partial charge in [0.25, 0.3) is 0 Å². The molecular weight excluding hydrogens is 236 g/mol. The van der Waals surface area contributed by atoms with Crippen LogP contribution in [0.1, 0.15) is 10.7 Å². The first-order valence-corrected chi connectivity index (χ1v) is 5.88. The Bertz CT molecular complexity index is 698. The van der Waals surface area contributed by atoms with E-state index in [1.54, 1.807) is 4.52 Å². The molecule has 3 rings (SSSR count). The number of nitrogen functional groups attached to an aromatic ring is 1. The van der Waals surface area contributed by atoms with E-state index in [0.717, 1.165) is 26.8 Å². The zero-order chi connectivity index (χ0) is 12.0. The van der Waals surface area contributed by atoms with E-state index < -0.39 is 0 Å². The van der Waals surface area contributed by atoms with E-state index >= 15 is 0 Å². The first kappa shape index (κ1) is 10.2. The molecule has 0 spiro atoms. The quantitative estimate of drug-likeness (QED) is 0.702. The molecule has 0 saturated heterocycles. The van der Waals surface area contributed by atoms with Crippen molar-refractivity contribution in [3.05, 3.63) is 23.1 Å². The van der Waals surface area contributed by atoms with Gasteiger partial charge in [0, 0.05) is 11.3 Å². The molecule has 0 atom stereocenters. The van der Waals surface area contributed by atoms with Crippen molar-refractivity contribution in [3.8, 4) is 10.6 Å². The highest BCUT2D eigenvalue weighted by atomic mass is 32.1. The van der Waals surface area contributed by atoms with Gasteiger partial charge in [0.1, 0.15) is 21.9 Å². The van der Waals surface area contributed by atoms with E-state index in [1.807, 2.05) is 19.9 Å². The summed E-state index contributed by atoms with van der Waals surface area (Å²) in [5.41, 5.74) is 8.63. The van der Waals surface area contributed by atoms with E-state index in [1.165, 1.54) is 17.7 Å². The zero-order valence-electron chi connectivity index (χ0n) is 9.38. The summed E-state index contributed by atoms with van der Waals surface area (Å²) in [4.78, 5) is 4.02. The Labute approximate surface area is 101 Å². The smallest absolute Gasteiger partial charge is 0.152 e. The van der Waals surface area contributed by atoms with Crippen LogP contribution in [0.25, 0.3) is 16.1 Å². The van der Waals surface area contributed by atoms with Crippen LogP contribution in [-0.4, -0.2) is 24.8 Å². The normalized spacial score (nSPS) is 11.2. The third-order valence-corrected chi connectivity index (χ3v) is 3.39. The maximum Gasteiger partial charge on any atom is 0.152 e. The first-order chi connectivity index (χ1) is 8.16. The minimum Gasteiger partial charge on any atom is -0.382 e. The van der Waals surface area contributed by atoms with Gasteiger partial charge in [-0.05, 0) is 19.9 Å². The summed E-state index contributed by atoms with van der Waals surface area (Å²) in [5, 5.41) is 14.1. The van der Waals surface area contributed by atoms with E-state index in [2.05, 4.69) is 20.3 Å². The highest BCUT2D eigenvalue weighted by Gasteiger charge is 2.15. The topological polar surface area (TPSA) is 82.0 Å². The van der Waals surface area contributed by atoms with Crippen LogP contribution in [-0.2, 0) is 0 Å². The van der Waals surface area contributed by atoms with Crippen LogP contribution in [0.3, 0.4) is 0 Å². The number of nitrogens with two attached hydrogens (primary N) is 1.